The molecule has 1 heterocycles. The average Bonchev–Trinajstić information content (AvgIpc) is 3.07. The number of amides is 1. The topological polar surface area (TPSA) is 29.5 Å². The number of aryl methyl sites for hydroxylation is 1. The number of anilines is 2. The lowest BCUT2D eigenvalue weighted by atomic mass is 9.89. The van der Waals surface area contributed by atoms with E-state index < -0.39 is 0 Å². The summed E-state index contributed by atoms with van der Waals surface area (Å²) in [6, 6.07) is 26.1. The molecular weight excluding hydrogens is 358 g/mol. The second-order valence-electron chi connectivity index (χ2n) is 7.18. The van der Waals surface area contributed by atoms with Gasteiger partial charge in [0.2, 0.25) is 0 Å². The van der Waals surface area contributed by atoms with Gasteiger partial charge in [-0.05, 0) is 53.4 Å². The van der Waals surface area contributed by atoms with Crippen LogP contribution in [0.1, 0.15) is 22.8 Å². The fourth-order valence-corrected chi connectivity index (χ4v) is 4.41. The van der Waals surface area contributed by atoms with E-state index in [1.807, 2.05) is 65.6 Å². The van der Waals surface area contributed by atoms with Gasteiger partial charge in [0.25, 0.3) is 5.91 Å². The lowest BCUT2D eigenvalue weighted by molar-refractivity contribution is 0.100. The molecule has 3 heteroatoms. The molecule has 1 aliphatic rings. The molecule has 3 nitrogen and oxygen atoms in total. The van der Waals surface area contributed by atoms with Crippen molar-refractivity contribution in [3.05, 3.63) is 90.0 Å². The van der Waals surface area contributed by atoms with Crippen LogP contribution in [0.3, 0.4) is 0 Å². The summed E-state index contributed by atoms with van der Waals surface area (Å²) >= 11 is 0. The zero-order valence-corrected chi connectivity index (χ0v) is 16.5. The van der Waals surface area contributed by atoms with Gasteiger partial charge < -0.3 is 4.74 Å². The predicted octanol–water partition coefficient (Wildman–Crippen LogP) is 6.37. The van der Waals surface area contributed by atoms with Gasteiger partial charge in [0.1, 0.15) is 5.75 Å². The van der Waals surface area contributed by atoms with Gasteiger partial charge in [0.05, 0.1) is 18.4 Å². The molecule has 0 saturated heterocycles. The summed E-state index contributed by atoms with van der Waals surface area (Å²) in [5, 5.41) is 2.02. The standard InChI is InChI=1S/C26H21NO2/c1-3-19-20(17-10-6-4-7-11-17)16-21-24-22(14-15-23(29-2)25(19)24)27(26(21)28)18-12-8-5-9-13-18/h4-16H,3H2,1-2H3. The highest BCUT2D eigenvalue weighted by molar-refractivity contribution is 6.29. The summed E-state index contributed by atoms with van der Waals surface area (Å²) in [6.07, 6.45) is 0.848. The molecule has 1 aliphatic heterocycles. The second-order valence-corrected chi connectivity index (χ2v) is 7.18. The molecule has 0 saturated carbocycles. The van der Waals surface area contributed by atoms with Crippen LogP contribution < -0.4 is 9.64 Å². The van der Waals surface area contributed by atoms with Crippen molar-refractivity contribution in [3.8, 4) is 16.9 Å². The number of ether oxygens (including phenoxy) is 1. The van der Waals surface area contributed by atoms with Gasteiger partial charge in [-0.1, -0.05) is 55.5 Å². The Morgan fingerprint density at radius 2 is 1.52 bits per heavy atom. The van der Waals surface area contributed by atoms with Gasteiger partial charge in [-0.2, -0.15) is 0 Å². The van der Waals surface area contributed by atoms with Gasteiger partial charge in [-0.3, -0.25) is 9.69 Å². The summed E-state index contributed by atoms with van der Waals surface area (Å²) in [5.41, 5.74) is 5.93. The van der Waals surface area contributed by atoms with Crippen molar-refractivity contribution in [3.63, 3.8) is 0 Å². The van der Waals surface area contributed by atoms with E-state index in [2.05, 4.69) is 25.1 Å². The predicted molar refractivity (Wildman–Crippen MR) is 118 cm³/mol. The Balaban J connectivity index is 1.88. The first-order valence-electron chi connectivity index (χ1n) is 9.86. The molecule has 0 N–H and O–H groups in total. The number of methoxy groups -OCH3 is 1. The molecule has 4 aromatic carbocycles. The monoisotopic (exact) mass is 379 g/mol. The minimum Gasteiger partial charge on any atom is -0.496 e. The molecule has 29 heavy (non-hydrogen) atoms. The van der Waals surface area contributed by atoms with E-state index in [9.17, 15) is 4.79 Å². The van der Waals surface area contributed by atoms with Crippen LogP contribution in [0.4, 0.5) is 11.4 Å². The van der Waals surface area contributed by atoms with Crippen molar-refractivity contribution in [2.45, 2.75) is 13.3 Å². The van der Waals surface area contributed by atoms with Crippen LogP contribution in [0.2, 0.25) is 0 Å². The molecule has 5 rings (SSSR count). The third-order valence-electron chi connectivity index (χ3n) is 5.68. The molecule has 1 amide bonds. The van der Waals surface area contributed by atoms with E-state index >= 15 is 0 Å². The maximum atomic E-state index is 13.5. The summed E-state index contributed by atoms with van der Waals surface area (Å²) < 4.78 is 5.74. The summed E-state index contributed by atoms with van der Waals surface area (Å²) in [7, 11) is 1.69. The number of carbonyl (C=O) groups is 1. The Labute approximate surface area is 170 Å². The Morgan fingerprint density at radius 3 is 2.17 bits per heavy atom. The van der Waals surface area contributed by atoms with Crippen molar-refractivity contribution < 1.29 is 9.53 Å². The molecule has 0 fully saturated rings. The number of nitrogens with zero attached hydrogens (tertiary/aromatic N) is 1. The Morgan fingerprint density at radius 1 is 0.828 bits per heavy atom. The molecule has 0 radical (unpaired) electrons. The lowest BCUT2D eigenvalue weighted by Gasteiger charge is -2.18. The SMILES string of the molecule is CCc1c(-c2ccccc2)cc2c3c(ccc(OC)c13)N(c1ccccc1)C2=O. The van der Waals surface area contributed by atoms with E-state index in [4.69, 9.17) is 4.74 Å². The van der Waals surface area contributed by atoms with E-state index in [0.717, 1.165) is 51.0 Å². The number of hydrogen-bond acceptors (Lipinski definition) is 2. The zero-order valence-electron chi connectivity index (χ0n) is 16.5. The minimum atomic E-state index is 0.00397. The fraction of sp³-hybridized carbons (Fsp3) is 0.115. The van der Waals surface area contributed by atoms with Gasteiger partial charge >= 0.3 is 0 Å². The molecular formula is C26H21NO2. The van der Waals surface area contributed by atoms with Crippen LogP contribution in [-0.4, -0.2) is 13.0 Å². The number of rotatable bonds is 4. The minimum absolute atomic E-state index is 0.00397. The van der Waals surface area contributed by atoms with E-state index in [-0.39, 0.29) is 5.91 Å². The Hall–Kier alpha value is -3.59. The molecule has 0 spiro atoms. The van der Waals surface area contributed by atoms with Gasteiger partial charge in [-0.15, -0.1) is 0 Å². The molecule has 0 unspecified atom stereocenters. The van der Waals surface area contributed by atoms with E-state index in [0.29, 0.717) is 0 Å². The molecule has 0 atom stereocenters. The van der Waals surface area contributed by atoms with Gasteiger partial charge in [0, 0.05) is 16.5 Å². The largest absolute Gasteiger partial charge is 0.496 e. The maximum absolute atomic E-state index is 13.5. The molecule has 0 aromatic heterocycles. The first-order valence-corrected chi connectivity index (χ1v) is 9.86. The highest BCUT2D eigenvalue weighted by atomic mass is 16.5. The van der Waals surface area contributed by atoms with E-state index in [1.165, 1.54) is 5.56 Å². The summed E-state index contributed by atoms with van der Waals surface area (Å²) in [6.45, 7) is 2.15. The molecule has 0 bridgehead atoms. The third-order valence-corrected chi connectivity index (χ3v) is 5.68. The fourth-order valence-electron chi connectivity index (χ4n) is 4.41. The van der Waals surface area contributed by atoms with Crippen molar-refractivity contribution in [1.29, 1.82) is 0 Å². The first kappa shape index (κ1) is 17.5. The van der Waals surface area contributed by atoms with Crippen LogP contribution in [0, 0.1) is 0 Å². The van der Waals surface area contributed by atoms with Crippen LogP contribution >= 0.6 is 0 Å². The van der Waals surface area contributed by atoms with E-state index in [1.54, 1.807) is 7.11 Å². The number of benzene rings is 4. The van der Waals surface area contributed by atoms with Crippen molar-refractivity contribution in [2.24, 2.45) is 0 Å². The van der Waals surface area contributed by atoms with Crippen molar-refractivity contribution in [1.82, 2.24) is 0 Å². The third kappa shape index (κ3) is 2.54. The number of hydrogen-bond donors (Lipinski definition) is 0. The van der Waals surface area contributed by atoms with Gasteiger partial charge in [-0.25, -0.2) is 0 Å². The van der Waals surface area contributed by atoms with Crippen molar-refractivity contribution in [2.75, 3.05) is 12.0 Å². The van der Waals surface area contributed by atoms with Crippen molar-refractivity contribution >= 4 is 28.1 Å². The highest BCUT2D eigenvalue weighted by Gasteiger charge is 2.34. The second kappa shape index (κ2) is 6.78. The summed E-state index contributed by atoms with van der Waals surface area (Å²) in [5.74, 6) is 0.812. The zero-order chi connectivity index (χ0) is 20.0. The maximum Gasteiger partial charge on any atom is 0.263 e. The quantitative estimate of drug-likeness (QED) is 0.412. The van der Waals surface area contributed by atoms with Gasteiger partial charge in [0.15, 0.2) is 0 Å². The Bertz CT molecular complexity index is 1230. The smallest absolute Gasteiger partial charge is 0.263 e. The normalized spacial score (nSPS) is 12.6. The highest BCUT2D eigenvalue weighted by Crippen LogP contribution is 2.48. The molecule has 0 aliphatic carbocycles. The Kier molecular flexibility index (Phi) is 4.09. The number of carbonyl (C=O) groups excluding carboxylic acids is 1. The van der Waals surface area contributed by atoms with Crippen LogP contribution in [-0.2, 0) is 6.42 Å². The molecule has 142 valence electrons. The average molecular weight is 379 g/mol. The first-order chi connectivity index (χ1) is 14.2. The summed E-state index contributed by atoms with van der Waals surface area (Å²) in [4.78, 5) is 15.4. The lowest BCUT2D eigenvalue weighted by Crippen LogP contribution is -2.20. The number of para-hydroxylation sites is 1. The van der Waals surface area contributed by atoms with Crippen LogP contribution in [0.15, 0.2) is 78.9 Å². The molecule has 4 aromatic rings. The van der Waals surface area contributed by atoms with Crippen LogP contribution in [0.25, 0.3) is 21.9 Å². The van der Waals surface area contributed by atoms with Crippen LogP contribution in [0.5, 0.6) is 5.75 Å².